The third-order valence-corrected chi connectivity index (χ3v) is 5.54. The Bertz CT molecular complexity index is 927. The zero-order chi connectivity index (χ0) is 19.5. The van der Waals surface area contributed by atoms with Crippen LogP contribution in [0.4, 0.5) is 0 Å². The molecule has 0 bridgehead atoms. The van der Waals surface area contributed by atoms with Gasteiger partial charge in [0, 0.05) is 36.8 Å². The molecule has 0 saturated carbocycles. The number of rotatable bonds is 5. The van der Waals surface area contributed by atoms with E-state index in [9.17, 15) is 4.79 Å². The molecule has 1 atom stereocenters. The summed E-state index contributed by atoms with van der Waals surface area (Å²) in [6, 6.07) is 12.3. The van der Waals surface area contributed by atoms with E-state index in [0.29, 0.717) is 18.2 Å². The molecular formula is C22H27N5O. The van der Waals surface area contributed by atoms with E-state index in [2.05, 4.69) is 58.5 Å². The summed E-state index contributed by atoms with van der Waals surface area (Å²) in [6.07, 6.45) is 4.83. The number of nitrogens with one attached hydrogen (secondary N) is 2. The molecule has 1 fully saturated rings. The van der Waals surface area contributed by atoms with Crippen LogP contribution in [-0.4, -0.2) is 44.3 Å². The number of benzene rings is 1. The van der Waals surface area contributed by atoms with Gasteiger partial charge in [0.25, 0.3) is 5.91 Å². The maximum atomic E-state index is 12.9. The van der Waals surface area contributed by atoms with Crippen LogP contribution in [0.2, 0.25) is 0 Å². The summed E-state index contributed by atoms with van der Waals surface area (Å²) in [5.41, 5.74) is 5.15. The number of nitrogens with zero attached hydrogens (tertiary/aromatic N) is 3. The van der Waals surface area contributed by atoms with Crippen molar-refractivity contribution in [1.29, 1.82) is 0 Å². The highest BCUT2D eigenvalue weighted by atomic mass is 16.2. The van der Waals surface area contributed by atoms with E-state index in [-0.39, 0.29) is 11.8 Å². The first-order chi connectivity index (χ1) is 13.6. The van der Waals surface area contributed by atoms with Gasteiger partial charge in [0.05, 0.1) is 6.20 Å². The van der Waals surface area contributed by atoms with Crippen LogP contribution in [-0.2, 0) is 6.42 Å². The predicted molar refractivity (Wildman–Crippen MR) is 108 cm³/mol. The lowest BCUT2D eigenvalue weighted by atomic mass is 9.90. The molecule has 146 valence electrons. The smallest absolute Gasteiger partial charge is 0.274 e. The largest absolute Gasteiger partial charge is 0.337 e. The van der Waals surface area contributed by atoms with Crippen LogP contribution in [0.15, 0.2) is 42.6 Å². The summed E-state index contributed by atoms with van der Waals surface area (Å²) in [5, 5.41) is 14.7. The van der Waals surface area contributed by atoms with Gasteiger partial charge in [-0.15, -0.1) is 0 Å². The van der Waals surface area contributed by atoms with Crippen molar-refractivity contribution in [2.24, 2.45) is 0 Å². The lowest BCUT2D eigenvalue weighted by Gasteiger charge is -2.32. The molecule has 1 saturated heterocycles. The first kappa shape index (κ1) is 18.5. The molecule has 0 spiro atoms. The highest BCUT2D eigenvalue weighted by Crippen LogP contribution is 2.29. The Morgan fingerprint density at radius 2 is 2.07 bits per heavy atom. The van der Waals surface area contributed by atoms with E-state index >= 15 is 0 Å². The number of carbonyl (C=O) groups excluding carboxylic acids is 1. The molecule has 4 rings (SSSR count). The normalized spacial score (nSPS) is 17.2. The molecule has 6 nitrogen and oxygen atoms in total. The molecule has 6 heteroatoms. The lowest BCUT2D eigenvalue weighted by molar-refractivity contribution is 0.0699. The molecular weight excluding hydrogens is 350 g/mol. The Labute approximate surface area is 165 Å². The van der Waals surface area contributed by atoms with Crippen molar-refractivity contribution in [1.82, 2.24) is 25.3 Å². The number of hydrogen-bond donors (Lipinski definition) is 2. The van der Waals surface area contributed by atoms with Gasteiger partial charge in [0.1, 0.15) is 5.69 Å². The molecule has 0 unspecified atom stereocenters. The number of aromatic nitrogens is 4. The van der Waals surface area contributed by atoms with Crippen LogP contribution in [0.5, 0.6) is 0 Å². The number of H-pyrrole nitrogens is 2. The number of carbonyl (C=O) groups is 1. The average Bonchev–Trinajstić information content (AvgIpc) is 3.38. The van der Waals surface area contributed by atoms with Crippen LogP contribution in [0, 0.1) is 0 Å². The van der Waals surface area contributed by atoms with Gasteiger partial charge < -0.3 is 4.90 Å². The fourth-order valence-corrected chi connectivity index (χ4v) is 3.93. The fraction of sp³-hybridized carbons (Fsp3) is 0.409. The van der Waals surface area contributed by atoms with Crippen molar-refractivity contribution < 1.29 is 4.79 Å². The second-order valence-corrected chi connectivity index (χ2v) is 7.92. The Morgan fingerprint density at radius 1 is 1.25 bits per heavy atom. The minimum absolute atomic E-state index is 0.0111. The van der Waals surface area contributed by atoms with Crippen LogP contribution in [0.3, 0.4) is 0 Å². The van der Waals surface area contributed by atoms with E-state index in [0.717, 1.165) is 37.2 Å². The molecule has 1 amide bonds. The van der Waals surface area contributed by atoms with Gasteiger partial charge in [-0.1, -0.05) is 44.2 Å². The second kappa shape index (κ2) is 8.00. The van der Waals surface area contributed by atoms with Crippen molar-refractivity contribution in [2.45, 2.75) is 44.9 Å². The third-order valence-electron chi connectivity index (χ3n) is 5.54. The van der Waals surface area contributed by atoms with Gasteiger partial charge in [-0.25, -0.2) is 0 Å². The van der Waals surface area contributed by atoms with Crippen molar-refractivity contribution in [3.05, 3.63) is 70.8 Å². The minimum Gasteiger partial charge on any atom is -0.337 e. The fourth-order valence-electron chi connectivity index (χ4n) is 3.93. The number of amides is 1. The molecule has 1 aliphatic rings. The van der Waals surface area contributed by atoms with Crippen molar-refractivity contribution >= 4 is 5.91 Å². The third kappa shape index (κ3) is 3.86. The number of aromatic amines is 2. The molecule has 2 N–H and O–H groups in total. The molecule has 1 aromatic carbocycles. The van der Waals surface area contributed by atoms with Crippen molar-refractivity contribution in [2.75, 3.05) is 13.1 Å². The van der Waals surface area contributed by atoms with E-state index in [1.165, 1.54) is 11.1 Å². The van der Waals surface area contributed by atoms with Crippen molar-refractivity contribution in [3.63, 3.8) is 0 Å². The Hall–Kier alpha value is -2.89. The Balaban J connectivity index is 1.48. The van der Waals surface area contributed by atoms with Gasteiger partial charge in [0.2, 0.25) is 0 Å². The van der Waals surface area contributed by atoms with E-state index in [4.69, 9.17) is 0 Å². The lowest BCUT2D eigenvalue weighted by Crippen LogP contribution is -2.39. The quantitative estimate of drug-likeness (QED) is 0.709. The average molecular weight is 377 g/mol. The number of piperidine rings is 1. The summed E-state index contributed by atoms with van der Waals surface area (Å²) in [4.78, 5) is 14.9. The molecule has 28 heavy (non-hydrogen) atoms. The Kier molecular flexibility index (Phi) is 5.28. The summed E-state index contributed by atoms with van der Waals surface area (Å²) >= 11 is 0. The summed E-state index contributed by atoms with van der Waals surface area (Å²) in [6.45, 7) is 5.66. The second-order valence-electron chi connectivity index (χ2n) is 7.92. The highest BCUT2D eigenvalue weighted by molar-refractivity contribution is 5.92. The zero-order valence-corrected chi connectivity index (χ0v) is 16.5. The molecule has 2 aromatic heterocycles. The van der Waals surface area contributed by atoms with Crippen LogP contribution >= 0.6 is 0 Å². The van der Waals surface area contributed by atoms with E-state index < -0.39 is 0 Å². The van der Waals surface area contributed by atoms with Crippen LogP contribution in [0.1, 0.15) is 71.5 Å². The maximum Gasteiger partial charge on any atom is 0.274 e. The van der Waals surface area contributed by atoms with Crippen molar-refractivity contribution in [3.8, 4) is 0 Å². The van der Waals surface area contributed by atoms with Gasteiger partial charge in [-0.3, -0.25) is 15.0 Å². The first-order valence-electron chi connectivity index (χ1n) is 10.0. The van der Waals surface area contributed by atoms with E-state index in [1.807, 2.05) is 23.2 Å². The topological polar surface area (TPSA) is 77.7 Å². The van der Waals surface area contributed by atoms with Gasteiger partial charge in [0.15, 0.2) is 0 Å². The molecule has 3 aromatic rings. The van der Waals surface area contributed by atoms with Crippen LogP contribution in [0.25, 0.3) is 0 Å². The Morgan fingerprint density at radius 3 is 2.82 bits per heavy atom. The summed E-state index contributed by atoms with van der Waals surface area (Å²) < 4.78 is 0. The van der Waals surface area contributed by atoms with Gasteiger partial charge in [-0.05, 0) is 36.0 Å². The summed E-state index contributed by atoms with van der Waals surface area (Å²) in [5.74, 6) is 0.619. The number of hydrogen-bond acceptors (Lipinski definition) is 3. The SMILES string of the molecule is CC(C)c1cc(C(=O)N2CCC[C@H](c3[nH]ncc3Cc3ccccc3)C2)n[nH]1. The monoisotopic (exact) mass is 377 g/mol. The number of likely N-dealkylation sites (tertiary alicyclic amines) is 1. The minimum atomic E-state index is 0.0111. The maximum absolute atomic E-state index is 12.9. The molecule has 3 heterocycles. The van der Waals surface area contributed by atoms with E-state index in [1.54, 1.807) is 0 Å². The van der Waals surface area contributed by atoms with Gasteiger partial charge >= 0.3 is 0 Å². The standard InChI is InChI=1S/C22H27N5O/c1-15(2)19-12-20(25-24-19)22(28)27-10-6-9-17(14-27)21-18(13-23-26-21)11-16-7-4-3-5-8-16/h3-5,7-8,12-13,15,17H,6,9-11,14H2,1-2H3,(H,23,26)(H,24,25)/t17-/m0/s1. The van der Waals surface area contributed by atoms with Crippen LogP contribution < -0.4 is 0 Å². The van der Waals surface area contributed by atoms with Gasteiger partial charge in [-0.2, -0.15) is 10.2 Å². The predicted octanol–water partition coefficient (Wildman–Crippen LogP) is 3.87. The molecule has 0 radical (unpaired) electrons. The first-order valence-corrected chi connectivity index (χ1v) is 10.0. The highest BCUT2D eigenvalue weighted by Gasteiger charge is 2.29. The zero-order valence-electron chi connectivity index (χ0n) is 16.5. The molecule has 1 aliphatic heterocycles. The molecule has 0 aliphatic carbocycles. The summed E-state index contributed by atoms with van der Waals surface area (Å²) in [7, 11) is 0.